The van der Waals surface area contributed by atoms with Crippen LogP contribution >= 0.6 is 34.4 Å². The van der Waals surface area contributed by atoms with Crippen LogP contribution in [0.3, 0.4) is 0 Å². The van der Waals surface area contributed by atoms with Gasteiger partial charge in [0.25, 0.3) is 0 Å². The third kappa shape index (κ3) is 3.94. The van der Waals surface area contributed by atoms with Crippen LogP contribution in [0.4, 0.5) is 5.13 Å². The van der Waals surface area contributed by atoms with Crippen molar-refractivity contribution in [2.45, 2.75) is 36.8 Å². The van der Waals surface area contributed by atoms with Gasteiger partial charge in [0.2, 0.25) is 5.91 Å². The van der Waals surface area contributed by atoms with E-state index in [9.17, 15) is 4.79 Å². The minimum absolute atomic E-state index is 0.0134. The van der Waals surface area contributed by atoms with Crippen LogP contribution in [-0.2, 0) is 11.2 Å². The Hall–Kier alpha value is -1.44. The van der Waals surface area contributed by atoms with E-state index in [0.717, 1.165) is 27.9 Å². The van der Waals surface area contributed by atoms with Crippen LogP contribution in [-0.4, -0.2) is 22.4 Å². The highest BCUT2D eigenvalue weighted by atomic mass is 32.2. The predicted octanol–water partition coefficient (Wildman–Crippen LogP) is 5.25. The molecule has 0 saturated heterocycles. The fourth-order valence-corrected chi connectivity index (χ4v) is 6.06. The number of carbonyl (C=O) groups excluding carboxylic acids is 1. The van der Waals surface area contributed by atoms with Gasteiger partial charge in [0.1, 0.15) is 0 Å². The van der Waals surface area contributed by atoms with Gasteiger partial charge < -0.3 is 5.32 Å². The lowest BCUT2D eigenvalue weighted by atomic mass is 9.66. The lowest BCUT2D eigenvalue weighted by molar-refractivity contribution is -0.115. The van der Waals surface area contributed by atoms with Crippen molar-refractivity contribution in [3.63, 3.8) is 0 Å². The van der Waals surface area contributed by atoms with Crippen LogP contribution in [0.2, 0.25) is 0 Å². The number of hydrogen-bond acceptors (Lipinski definition) is 6. The van der Waals surface area contributed by atoms with Crippen LogP contribution in [0, 0.1) is 11.8 Å². The van der Waals surface area contributed by atoms with E-state index in [0.29, 0.717) is 17.5 Å². The number of thioether (sulfide) groups is 1. The largest absolute Gasteiger partial charge is 0.302 e. The number of amides is 1. The highest BCUT2D eigenvalue weighted by molar-refractivity contribution is 8.01. The molecule has 1 N–H and O–H groups in total. The lowest BCUT2D eigenvalue weighted by Gasteiger charge is -2.41. The molecule has 2 aliphatic rings. The van der Waals surface area contributed by atoms with E-state index in [2.05, 4.69) is 23.4 Å². The summed E-state index contributed by atoms with van der Waals surface area (Å²) in [6, 6.07) is 1.98. The molecular weight excluding hydrogens is 382 g/mol. The maximum atomic E-state index is 12.1. The summed E-state index contributed by atoms with van der Waals surface area (Å²) >= 11 is 4.92. The smallest absolute Gasteiger partial charge is 0.230 e. The number of allylic oxidation sites excluding steroid dienone is 1. The number of aliphatic imine (C=N–C) groups is 1. The van der Waals surface area contributed by atoms with Crippen molar-refractivity contribution in [2.24, 2.45) is 16.8 Å². The van der Waals surface area contributed by atoms with E-state index >= 15 is 0 Å². The first-order valence-electron chi connectivity index (χ1n) is 8.88. The van der Waals surface area contributed by atoms with Crippen molar-refractivity contribution in [2.75, 3.05) is 11.1 Å². The van der Waals surface area contributed by atoms with Crippen molar-refractivity contribution >= 4 is 51.2 Å². The summed E-state index contributed by atoms with van der Waals surface area (Å²) in [6.07, 6.45) is 8.05. The van der Waals surface area contributed by atoms with Gasteiger partial charge in [0, 0.05) is 23.6 Å². The van der Waals surface area contributed by atoms with Gasteiger partial charge in [-0.3, -0.25) is 9.79 Å². The molecule has 3 heterocycles. The molecular formula is C19H21N3OS3. The first-order valence-corrected chi connectivity index (χ1v) is 11.6. The van der Waals surface area contributed by atoms with Crippen molar-refractivity contribution in [3.8, 4) is 0 Å². The maximum Gasteiger partial charge on any atom is 0.230 e. The van der Waals surface area contributed by atoms with Crippen LogP contribution in [0.1, 0.15) is 31.7 Å². The first kappa shape index (κ1) is 17.9. The van der Waals surface area contributed by atoms with Crippen LogP contribution in [0.15, 0.2) is 44.0 Å². The quantitative estimate of drug-likeness (QED) is 0.642. The molecule has 0 spiro atoms. The number of nitrogens with one attached hydrogen (secondary N) is 1. The highest BCUT2D eigenvalue weighted by Crippen LogP contribution is 2.45. The number of hydrogen-bond donors (Lipinski definition) is 1. The minimum Gasteiger partial charge on any atom is -0.302 e. The number of thiophene rings is 1. The minimum atomic E-state index is -0.0134. The van der Waals surface area contributed by atoms with Crippen LogP contribution in [0.25, 0.3) is 0 Å². The maximum absolute atomic E-state index is 12.1. The molecule has 1 fully saturated rings. The zero-order valence-corrected chi connectivity index (χ0v) is 17.1. The third-order valence-corrected chi connectivity index (χ3v) is 7.89. The molecule has 1 saturated carbocycles. The van der Waals surface area contributed by atoms with Gasteiger partial charge in [-0.2, -0.15) is 11.3 Å². The Morgan fingerprint density at radius 2 is 2.27 bits per heavy atom. The summed E-state index contributed by atoms with van der Waals surface area (Å²) in [5.41, 5.74) is 3.88. The Labute approximate surface area is 165 Å². The molecule has 0 radical (unpaired) electrons. The molecule has 1 aliphatic carbocycles. The average molecular weight is 404 g/mol. The molecule has 4 nitrogen and oxygen atoms in total. The van der Waals surface area contributed by atoms with Gasteiger partial charge in [-0.1, -0.05) is 18.3 Å². The zero-order chi connectivity index (χ0) is 17.9. The number of thiazole rings is 1. The molecule has 0 bridgehead atoms. The van der Waals surface area contributed by atoms with E-state index in [1.165, 1.54) is 35.5 Å². The summed E-state index contributed by atoms with van der Waals surface area (Å²) in [5.74, 6) is 2.29. The monoisotopic (exact) mass is 403 g/mol. The number of nitrogens with zero attached hydrogens (tertiary/aromatic N) is 2. The van der Waals surface area contributed by atoms with Crippen molar-refractivity contribution in [1.29, 1.82) is 0 Å². The predicted molar refractivity (Wildman–Crippen MR) is 112 cm³/mol. The van der Waals surface area contributed by atoms with E-state index in [1.807, 2.05) is 23.0 Å². The van der Waals surface area contributed by atoms with Gasteiger partial charge >= 0.3 is 0 Å². The Bertz CT molecular complexity index is 838. The fraction of sp³-hybridized carbons (Fsp3) is 0.421. The molecule has 1 aliphatic heterocycles. The Kier molecular flexibility index (Phi) is 5.57. The second kappa shape index (κ2) is 8.06. The number of rotatable bonds is 7. The lowest BCUT2D eigenvalue weighted by Crippen LogP contribution is -2.37. The first-order chi connectivity index (χ1) is 12.7. The second-order valence-electron chi connectivity index (χ2n) is 6.60. The molecule has 4 rings (SSSR count). The van der Waals surface area contributed by atoms with Crippen molar-refractivity contribution < 1.29 is 4.79 Å². The number of anilines is 1. The van der Waals surface area contributed by atoms with Crippen molar-refractivity contribution in [1.82, 2.24) is 4.98 Å². The van der Waals surface area contributed by atoms with E-state index in [1.54, 1.807) is 23.1 Å². The fourth-order valence-electron chi connectivity index (χ4n) is 3.47. The topological polar surface area (TPSA) is 54.4 Å². The number of fused-ring (bicyclic) bond motifs is 1. The Balaban J connectivity index is 1.31. The highest BCUT2D eigenvalue weighted by Gasteiger charge is 2.38. The summed E-state index contributed by atoms with van der Waals surface area (Å²) in [7, 11) is 0. The van der Waals surface area contributed by atoms with Crippen molar-refractivity contribution in [3.05, 3.63) is 40.4 Å². The van der Waals surface area contributed by atoms with Gasteiger partial charge in [-0.25, -0.2) is 4.98 Å². The molecule has 136 valence electrons. The SMILES string of the molecule is CCC1=CN=C(CSc2cnc(NC(=O)Cc3ccsc3)s2)C2CCC12. The molecule has 2 aromatic rings. The molecule has 26 heavy (non-hydrogen) atoms. The molecule has 2 unspecified atom stereocenters. The van der Waals surface area contributed by atoms with Gasteiger partial charge in [0.15, 0.2) is 5.13 Å². The van der Waals surface area contributed by atoms with E-state index < -0.39 is 0 Å². The zero-order valence-electron chi connectivity index (χ0n) is 14.6. The standard InChI is InChI=1S/C19H21N3OS3/c1-2-13-8-20-16(15-4-3-14(13)15)11-25-18-9-21-19(26-18)22-17(23)7-12-5-6-24-10-12/h5-6,8-10,14-15H,2-4,7,11H2,1H3,(H,21,22,23). The third-order valence-electron chi connectivity index (χ3n) is 5.02. The summed E-state index contributed by atoms with van der Waals surface area (Å²) in [4.78, 5) is 21.1. The normalized spacial score (nSPS) is 21.4. The molecule has 2 aromatic heterocycles. The Morgan fingerprint density at radius 3 is 3.00 bits per heavy atom. The van der Waals surface area contributed by atoms with Gasteiger partial charge in [0.05, 0.1) is 16.8 Å². The summed E-state index contributed by atoms with van der Waals surface area (Å²) < 4.78 is 1.12. The van der Waals surface area contributed by atoms with Gasteiger partial charge in [-0.05, 0) is 53.1 Å². The summed E-state index contributed by atoms with van der Waals surface area (Å²) in [6.45, 7) is 2.22. The summed E-state index contributed by atoms with van der Waals surface area (Å²) in [5, 5.41) is 7.56. The van der Waals surface area contributed by atoms with E-state index in [4.69, 9.17) is 4.99 Å². The molecule has 7 heteroatoms. The van der Waals surface area contributed by atoms with E-state index in [-0.39, 0.29) is 5.91 Å². The molecule has 1 amide bonds. The molecule has 2 atom stereocenters. The molecule has 0 aromatic carbocycles. The van der Waals surface area contributed by atoms with Crippen LogP contribution < -0.4 is 5.32 Å². The number of carbonyl (C=O) groups is 1. The Morgan fingerprint density at radius 1 is 1.38 bits per heavy atom. The van der Waals surface area contributed by atoms with Gasteiger partial charge in [-0.15, -0.1) is 11.8 Å². The second-order valence-corrected chi connectivity index (χ2v) is 9.68. The van der Waals surface area contributed by atoms with Crippen LogP contribution in [0.5, 0.6) is 0 Å². The average Bonchev–Trinajstić information content (AvgIpc) is 3.25. The number of aromatic nitrogens is 1.